The van der Waals surface area contributed by atoms with Crippen molar-refractivity contribution < 1.29 is 80.6 Å². The van der Waals surface area contributed by atoms with Gasteiger partial charge in [-0.15, -0.1) is 12.4 Å². The molecule has 17 heteroatoms. The van der Waals surface area contributed by atoms with Crippen molar-refractivity contribution in [2.75, 3.05) is 34.8 Å². The van der Waals surface area contributed by atoms with Crippen LogP contribution in [-0.2, 0) is 48.6 Å². The van der Waals surface area contributed by atoms with E-state index in [1.807, 2.05) is 12.4 Å². The van der Waals surface area contributed by atoms with Crippen molar-refractivity contribution in [1.82, 2.24) is 29.9 Å². The van der Waals surface area contributed by atoms with Crippen LogP contribution in [0.25, 0.3) is 0 Å². The van der Waals surface area contributed by atoms with Gasteiger partial charge in [0.2, 0.25) is 0 Å². The number of aromatic amines is 4. The normalized spacial score (nSPS) is 12.8. The van der Waals surface area contributed by atoms with Crippen LogP contribution >= 0.6 is 24.6 Å². The number of aliphatic hydroxyl groups excluding tert-OH is 1. The molecule has 294 valence electrons. The number of H-pyrrole nitrogens is 4. The molecule has 3 aliphatic heterocycles. The molecule has 13 nitrogen and oxygen atoms in total. The molecular formula is C40H50ClN9Na2O4S. The van der Waals surface area contributed by atoms with Crippen molar-refractivity contribution >= 4 is 48.2 Å². The van der Waals surface area contributed by atoms with Crippen LogP contribution in [0.3, 0.4) is 0 Å². The fourth-order valence-corrected chi connectivity index (χ4v) is 6.76. The van der Waals surface area contributed by atoms with Gasteiger partial charge in [-0.1, -0.05) is 54.6 Å². The first-order valence-corrected chi connectivity index (χ1v) is 18.5. The number of aromatic nitrogens is 6. The number of aryl methyl sites for hydroxylation is 3. The van der Waals surface area contributed by atoms with Crippen molar-refractivity contribution in [1.29, 1.82) is 0 Å². The first-order chi connectivity index (χ1) is 26.6. The third kappa shape index (κ3) is 16.4. The Labute approximate surface area is 390 Å². The van der Waals surface area contributed by atoms with Gasteiger partial charge in [0.05, 0.1) is 55.6 Å². The molecule has 0 unspecified atom stereocenters. The van der Waals surface area contributed by atoms with E-state index in [1.165, 1.54) is 84.3 Å². The molecule has 0 atom stereocenters. The summed E-state index contributed by atoms with van der Waals surface area (Å²) in [6.45, 7) is 5.07. The van der Waals surface area contributed by atoms with Gasteiger partial charge >= 0.3 is 59.1 Å². The van der Waals surface area contributed by atoms with Crippen molar-refractivity contribution in [3.05, 3.63) is 143 Å². The van der Waals surface area contributed by atoms with Crippen LogP contribution < -0.4 is 79.5 Å². The summed E-state index contributed by atoms with van der Waals surface area (Å²) in [4.78, 5) is 35.9. The van der Waals surface area contributed by atoms with Gasteiger partial charge in [0.25, 0.3) is 6.47 Å². The van der Waals surface area contributed by atoms with E-state index < -0.39 is 0 Å². The molecule has 6 aromatic rings. The molecule has 6 N–H and O–H groups in total. The number of carbonyl (C=O) groups excluding carboxylic acids is 1. The van der Waals surface area contributed by atoms with Crippen LogP contribution in [0.1, 0.15) is 54.5 Å². The van der Waals surface area contributed by atoms with Gasteiger partial charge in [-0.25, -0.2) is 9.97 Å². The Bertz CT molecular complexity index is 2000. The van der Waals surface area contributed by atoms with Crippen LogP contribution in [0, 0.1) is 4.77 Å². The van der Waals surface area contributed by atoms with Crippen LogP contribution in [-0.4, -0.2) is 61.1 Å². The van der Waals surface area contributed by atoms with Crippen LogP contribution in [0.4, 0.5) is 17.1 Å². The summed E-state index contributed by atoms with van der Waals surface area (Å²) in [7, 11) is 0. The van der Waals surface area contributed by atoms with E-state index in [0.29, 0.717) is 4.77 Å². The van der Waals surface area contributed by atoms with Gasteiger partial charge in [-0.2, -0.15) is 0 Å². The number of nitrogens with one attached hydrogen (secondary N) is 5. The number of hydrogen-bond donors (Lipinski definition) is 6. The molecule has 9 rings (SSSR count). The van der Waals surface area contributed by atoms with Crippen LogP contribution in [0.5, 0.6) is 0 Å². The van der Waals surface area contributed by atoms with Gasteiger partial charge in [-0.05, 0) is 85.6 Å². The van der Waals surface area contributed by atoms with Gasteiger partial charge in [0, 0.05) is 49.1 Å². The van der Waals surface area contributed by atoms with E-state index in [4.69, 9.17) is 27.4 Å². The molecule has 57 heavy (non-hydrogen) atoms. The largest absolute Gasteiger partial charge is 1.00 e. The fraction of sp³-hybridized carbons (Fsp3) is 0.300. The molecule has 0 spiro atoms. The van der Waals surface area contributed by atoms with Crippen molar-refractivity contribution in [3.8, 4) is 0 Å². The number of nitrogens with zero attached hydrogens (tertiary/aromatic N) is 4. The Morgan fingerprint density at radius 2 is 1.26 bits per heavy atom. The number of fused-ring (bicyclic) bond motifs is 3. The predicted octanol–water partition coefficient (Wildman–Crippen LogP) is 0.311. The SMILES string of the molecule is Cl.O=CO[O-].OCc1cnc[nH]1.S=c1[nH]cc(CN2CCCc3ccccc32)[nH]1.[H-].[Na+].[Na+].c1ccc2c(c1)CCCN2.c1ccc2c(c1)CCCN2Cc1cnc[nH]1. The Morgan fingerprint density at radius 3 is 1.74 bits per heavy atom. The summed E-state index contributed by atoms with van der Waals surface area (Å²) < 4.78 is 0.699. The van der Waals surface area contributed by atoms with Crippen molar-refractivity contribution in [2.45, 2.75) is 58.2 Å². The summed E-state index contributed by atoms with van der Waals surface area (Å²) in [6, 6.07) is 25.9. The first-order valence-electron chi connectivity index (χ1n) is 18.1. The van der Waals surface area contributed by atoms with Gasteiger partial charge in [-0.3, -0.25) is 4.79 Å². The maximum atomic E-state index is 8.64. The van der Waals surface area contributed by atoms with Gasteiger partial charge < -0.3 is 51.7 Å². The predicted molar refractivity (Wildman–Crippen MR) is 219 cm³/mol. The number of imidazole rings is 3. The number of benzene rings is 3. The standard InChI is InChI=1S/C13H15N3S.C13H15N3.C9H11N.C4H6N2O.CH2O3.ClH.2Na.H/c17-13-14-8-11(15-13)9-16-7-3-5-10-4-1-2-6-12(10)16;1-2-6-13-11(4-1)5-3-7-16(13)9-12-8-14-10-15-12;1-2-6-9-8(4-1)5-3-7-10-9;7-2-4-1-5-3-6-4;2-1-4-3;;;;/h1-2,4,6,8H,3,5,7,9H2,(H2,14,15,17);1-2,4,6,8,10H,3,5,7,9H2,(H,14,15);1-2,4,6,10H,3,5,7H2;1,3,7H,2H2,(H,5,6);1,3H;1H;;;/q;;;;;;2*+1;-1/p-1. The minimum absolute atomic E-state index is 0. The zero-order chi connectivity index (χ0) is 37.8. The second kappa shape index (κ2) is 28.1. The molecule has 0 saturated carbocycles. The number of halogens is 1. The minimum atomic E-state index is -0.181. The average Bonchev–Trinajstić information content (AvgIpc) is 4.04. The Morgan fingerprint density at radius 1 is 0.754 bits per heavy atom. The van der Waals surface area contributed by atoms with Crippen LogP contribution in [0.15, 0.2) is 104 Å². The smallest absolute Gasteiger partial charge is 1.00 e. The monoisotopic (exact) mass is 833 g/mol. The van der Waals surface area contributed by atoms with Crippen molar-refractivity contribution in [3.63, 3.8) is 0 Å². The third-order valence-electron chi connectivity index (χ3n) is 9.06. The number of hydrogen-bond acceptors (Lipinski definition) is 10. The van der Waals surface area contributed by atoms with E-state index in [0.717, 1.165) is 44.1 Å². The second-order valence-corrected chi connectivity index (χ2v) is 13.2. The molecule has 3 aromatic carbocycles. The molecule has 3 aliphatic rings. The number of para-hydroxylation sites is 3. The Kier molecular flexibility index (Phi) is 24.5. The summed E-state index contributed by atoms with van der Waals surface area (Å²) >= 11 is 5.05. The van der Waals surface area contributed by atoms with E-state index in [-0.39, 0.29) is 86.0 Å². The third-order valence-corrected chi connectivity index (χ3v) is 9.28. The maximum absolute atomic E-state index is 8.64. The Balaban J connectivity index is 0.000000381. The summed E-state index contributed by atoms with van der Waals surface area (Å²) in [5.41, 5.74) is 11.5. The molecule has 0 radical (unpaired) electrons. The summed E-state index contributed by atoms with van der Waals surface area (Å²) in [5.74, 6) is 0. The quantitative estimate of drug-likeness (QED) is 0.0451. The number of aliphatic hydroxyl groups is 1. The molecular weight excluding hydrogens is 784 g/mol. The molecule has 0 fully saturated rings. The average molecular weight is 834 g/mol. The van der Waals surface area contributed by atoms with E-state index in [2.05, 4.69) is 123 Å². The molecule has 0 bridgehead atoms. The maximum Gasteiger partial charge on any atom is 1.00 e. The first kappa shape index (κ1) is 49.7. The van der Waals surface area contributed by atoms with E-state index >= 15 is 0 Å². The van der Waals surface area contributed by atoms with E-state index in [1.54, 1.807) is 12.5 Å². The number of anilines is 3. The van der Waals surface area contributed by atoms with Crippen LogP contribution in [0.2, 0.25) is 0 Å². The molecule has 3 aromatic heterocycles. The molecule has 0 amide bonds. The number of carbonyl (C=O) groups is 1. The second-order valence-electron chi connectivity index (χ2n) is 12.8. The van der Waals surface area contributed by atoms with E-state index in [9.17, 15) is 0 Å². The summed E-state index contributed by atoms with van der Waals surface area (Å²) in [6.07, 6.45) is 16.1. The molecule has 0 saturated heterocycles. The summed E-state index contributed by atoms with van der Waals surface area (Å²) in [5, 5.41) is 20.1. The van der Waals surface area contributed by atoms with Gasteiger partial charge in [0.1, 0.15) is 0 Å². The van der Waals surface area contributed by atoms with Gasteiger partial charge in [0.15, 0.2) is 4.77 Å². The molecule has 0 aliphatic carbocycles. The minimum Gasteiger partial charge on any atom is -1.00 e. The Hall–Kier alpha value is -3.41. The number of rotatable bonds is 6. The molecule has 6 heterocycles. The zero-order valence-corrected chi connectivity index (χ0v) is 38.3. The topological polar surface area (TPSA) is 177 Å². The van der Waals surface area contributed by atoms with Crippen molar-refractivity contribution in [2.24, 2.45) is 0 Å². The zero-order valence-electron chi connectivity index (χ0n) is 33.7. The fourth-order valence-electron chi connectivity index (χ4n) is 6.57.